The smallest absolute Gasteiger partial charge is 0.0583 e. The van der Waals surface area contributed by atoms with Gasteiger partial charge in [-0.2, -0.15) is 0 Å². The third kappa shape index (κ3) is 4.84. The highest BCUT2D eigenvalue weighted by atomic mass is 16.3. The van der Waals surface area contributed by atoms with Crippen molar-refractivity contribution in [1.29, 1.82) is 0 Å². The van der Waals surface area contributed by atoms with E-state index in [0.717, 1.165) is 31.3 Å². The summed E-state index contributed by atoms with van der Waals surface area (Å²) < 4.78 is 45.9. The molecule has 0 unspecified atom stereocenters. The van der Waals surface area contributed by atoms with Crippen LogP contribution in [0.15, 0.2) is 35.5 Å². The summed E-state index contributed by atoms with van der Waals surface area (Å²) >= 11 is 0. The maximum atomic E-state index is 10.1. The number of rotatable bonds is 6. The second kappa shape index (κ2) is 9.33. The van der Waals surface area contributed by atoms with Crippen molar-refractivity contribution in [2.45, 2.75) is 104 Å². The summed E-state index contributed by atoms with van der Waals surface area (Å²) in [4.78, 5) is 0. The second-order valence-corrected chi connectivity index (χ2v) is 9.99. The molecule has 3 rings (SSSR count). The quantitative estimate of drug-likeness (QED) is 0.494. The Morgan fingerprint density at radius 2 is 2.04 bits per heavy atom. The fraction of sp³-hybridized carbons (Fsp3) is 0.778. The SMILES string of the molecule is [2H]C([2H])([2H])C(CCC[C@@H](C)[C@H]1CC[C@H]2/C(=C/C=C3/C[C@@H](O)CCC3=C)CCC[C@]12C)C([2H])([2H])[2H]. The van der Waals surface area contributed by atoms with Crippen LogP contribution in [0, 0.1) is 29.1 Å². The molecule has 0 saturated heterocycles. The third-order valence-electron chi connectivity index (χ3n) is 8.06. The molecule has 28 heavy (non-hydrogen) atoms. The highest BCUT2D eigenvalue weighted by molar-refractivity contribution is 5.36. The molecule has 5 atom stereocenters. The lowest BCUT2D eigenvalue weighted by atomic mass is 9.60. The van der Waals surface area contributed by atoms with Gasteiger partial charge in [0.25, 0.3) is 0 Å². The molecule has 1 heteroatoms. The van der Waals surface area contributed by atoms with E-state index in [1.165, 1.54) is 36.8 Å². The van der Waals surface area contributed by atoms with Crippen molar-refractivity contribution < 1.29 is 13.3 Å². The van der Waals surface area contributed by atoms with Gasteiger partial charge in [-0.3, -0.25) is 0 Å². The van der Waals surface area contributed by atoms with Gasteiger partial charge in [-0.1, -0.05) is 76.7 Å². The summed E-state index contributed by atoms with van der Waals surface area (Å²) in [6.07, 6.45) is 14.4. The number of aliphatic hydroxyl groups excluding tert-OH is 1. The molecule has 0 spiro atoms. The highest BCUT2D eigenvalue weighted by Gasteiger charge is 2.50. The number of fused-ring (bicyclic) bond motifs is 1. The first-order valence-electron chi connectivity index (χ1n) is 14.5. The first kappa shape index (κ1) is 15.1. The lowest BCUT2D eigenvalue weighted by Gasteiger charge is -2.44. The van der Waals surface area contributed by atoms with Crippen LogP contribution in [0.4, 0.5) is 0 Å². The van der Waals surface area contributed by atoms with Crippen LogP contribution in [-0.4, -0.2) is 11.2 Å². The Kier molecular flexibility index (Phi) is 5.02. The Balaban J connectivity index is 1.65. The van der Waals surface area contributed by atoms with Crippen molar-refractivity contribution in [3.63, 3.8) is 0 Å². The minimum absolute atomic E-state index is 0.235. The van der Waals surface area contributed by atoms with E-state index in [-0.39, 0.29) is 17.9 Å². The molecule has 0 aromatic heterocycles. The molecule has 0 aliphatic heterocycles. The van der Waals surface area contributed by atoms with Crippen molar-refractivity contribution >= 4 is 0 Å². The molecule has 0 aromatic rings. The van der Waals surface area contributed by atoms with Gasteiger partial charge in [-0.25, -0.2) is 0 Å². The second-order valence-electron chi connectivity index (χ2n) is 9.99. The fourth-order valence-electron chi connectivity index (χ4n) is 6.45. The molecule has 0 amide bonds. The summed E-state index contributed by atoms with van der Waals surface area (Å²) in [6.45, 7) is 4.06. The molecule has 0 heterocycles. The van der Waals surface area contributed by atoms with E-state index >= 15 is 0 Å². The Labute approximate surface area is 182 Å². The molecular formula is C27H44O. The molecule has 0 bridgehead atoms. The van der Waals surface area contributed by atoms with Gasteiger partial charge < -0.3 is 5.11 Å². The molecule has 1 N–H and O–H groups in total. The number of hydrogen-bond donors (Lipinski definition) is 1. The van der Waals surface area contributed by atoms with Crippen molar-refractivity contribution in [2.24, 2.45) is 29.1 Å². The molecule has 3 aliphatic carbocycles. The van der Waals surface area contributed by atoms with Gasteiger partial charge in [0.15, 0.2) is 0 Å². The van der Waals surface area contributed by atoms with Crippen molar-refractivity contribution in [3.05, 3.63) is 35.5 Å². The minimum Gasteiger partial charge on any atom is -0.393 e. The van der Waals surface area contributed by atoms with Gasteiger partial charge in [0.2, 0.25) is 0 Å². The molecule has 3 saturated carbocycles. The van der Waals surface area contributed by atoms with Gasteiger partial charge in [-0.15, -0.1) is 0 Å². The first-order valence-corrected chi connectivity index (χ1v) is 11.5. The zero-order valence-electron chi connectivity index (χ0n) is 24.0. The summed E-state index contributed by atoms with van der Waals surface area (Å²) in [7, 11) is 0. The summed E-state index contributed by atoms with van der Waals surface area (Å²) in [5.74, 6) is 0.378. The predicted octanol–water partition coefficient (Wildman–Crippen LogP) is 7.62. The summed E-state index contributed by atoms with van der Waals surface area (Å²) in [6, 6.07) is 0. The molecule has 0 aromatic carbocycles. The van der Waals surface area contributed by atoms with Crippen LogP contribution in [0.3, 0.4) is 0 Å². The zero-order valence-corrected chi connectivity index (χ0v) is 18.0. The maximum absolute atomic E-state index is 10.1. The van der Waals surface area contributed by atoms with E-state index in [9.17, 15) is 5.11 Å². The van der Waals surface area contributed by atoms with E-state index in [1.54, 1.807) is 0 Å². The van der Waals surface area contributed by atoms with Crippen LogP contribution in [0.1, 0.15) is 106 Å². The maximum Gasteiger partial charge on any atom is 0.0583 e. The van der Waals surface area contributed by atoms with Gasteiger partial charge in [-0.05, 0) is 86.0 Å². The van der Waals surface area contributed by atoms with E-state index in [1.807, 2.05) is 0 Å². The lowest BCUT2D eigenvalue weighted by Crippen LogP contribution is -2.36. The molecule has 158 valence electrons. The van der Waals surface area contributed by atoms with Crippen LogP contribution in [0.5, 0.6) is 0 Å². The first-order chi connectivity index (χ1) is 15.7. The molecule has 0 radical (unpaired) electrons. The number of hydrogen-bond acceptors (Lipinski definition) is 1. The van der Waals surface area contributed by atoms with Crippen LogP contribution in [0.2, 0.25) is 0 Å². The largest absolute Gasteiger partial charge is 0.393 e. The van der Waals surface area contributed by atoms with Crippen LogP contribution in [-0.2, 0) is 0 Å². The van der Waals surface area contributed by atoms with E-state index in [0.29, 0.717) is 30.6 Å². The summed E-state index contributed by atoms with van der Waals surface area (Å²) in [5.41, 5.74) is 4.14. The van der Waals surface area contributed by atoms with Crippen molar-refractivity contribution in [2.75, 3.05) is 0 Å². The fourth-order valence-corrected chi connectivity index (χ4v) is 6.45. The average molecular weight is 391 g/mol. The number of aliphatic hydroxyl groups is 1. The highest BCUT2D eigenvalue weighted by Crippen LogP contribution is 2.59. The predicted molar refractivity (Wildman–Crippen MR) is 121 cm³/mol. The van der Waals surface area contributed by atoms with Crippen LogP contribution in [0.25, 0.3) is 0 Å². The van der Waals surface area contributed by atoms with Gasteiger partial charge in [0.1, 0.15) is 0 Å². The Morgan fingerprint density at radius 3 is 2.82 bits per heavy atom. The Hall–Kier alpha value is -0.820. The van der Waals surface area contributed by atoms with E-state index in [2.05, 4.69) is 32.6 Å². The van der Waals surface area contributed by atoms with Crippen molar-refractivity contribution in [1.82, 2.24) is 0 Å². The van der Waals surface area contributed by atoms with E-state index in [4.69, 9.17) is 8.22 Å². The normalized spacial score (nSPS) is 41.7. The van der Waals surface area contributed by atoms with Gasteiger partial charge in [0, 0.05) is 8.22 Å². The van der Waals surface area contributed by atoms with Crippen LogP contribution < -0.4 is 0 Å². The third-order valence-corrected chi connectivity index (χ3v) is 8.06. The Bertz CT molecular complexity index is 778. The molecule has 1 nitrogen and oxygen atoms in total. The lowest BCUT2D eigenvalue weighted by molar-refractivity contribution is 0.0929. The monoisotopic (exact) mass is 390 g/mol. The zero-order chi connectivity index (χ0) is 25.3. The number of allylic oxidation sites excluding steroid dienone is 4. The molecular weight excluding hydrogens is 340 g/mol. The topological polar surface area (TPSA) is 20.2 Å². The van der Waals surface area contributed by atoms with Gasteiger partial charge in [0.05, 0.1) is 6.10 Å². The van der Waals surface area contributed by atoms with Crippen molar-refractivity contribution in [3.8, 4) is 0 Å². The minimum atomic E-state index is -2.43. The molecule has 3 fully saturated rings. The van der Waals surface area contributed by atoms with Gasteiger partial charge >= 0.3 is 0 Å². The summed E-state index contributed by atoms with van der Waals surface area (Å²) in [5, 5.41) is 10.1. The Morgan fingerprint density at radius 1 is 1.21 bits per heavy atom. The van der Waals surface area contributed by atoms with Crippen LogP contribution >= 0.6 is 0 Å². The average Bonchev–Trinajstić information content (AvgIpc) is 3.07. The van der Waals surface area contributed by atoms with E-state index < -0.39 is 19.6 Å². The standard InChI is InChI=1S/C27H44O/c1-19(2)8-6-9-21(4)25-15-16-26-22(10-7-17-27(25,26)5)12-13-23-18-24(28)14-11-20(23)3/h12-13,19,21,24-26,28H,3,6-11,14-18H2,1-2,4-5H3/b22-12+,23-13-/t21-,24+,25-,26+,27-/m1/s1/i1D3,2D3. The molecule has 3 aliphatic rings.